The standard InChI is InChI=1S/C19H23N3O5/c1-10-11(2)21-15(12(3)20-10)9-27-16-7-6-14(8-17(16)26-5)18(23)22-13(4)19(24)25/h6-8,13H,9H2,1-5H3,(H,22,23)(H,24,25)/t13-/m1/s1. The highest BCUT2D eigenvalue weighted by molar-refractivity contribution is 5.97. The molecule has 8 nitrogen and oxygen atoms in total. The van der Waals surface area contributed by atoms with Gasteiger partial charge >= 0.3 is 5.97 Å². The Kier molecular flexibility index (Phi) is 6.33. The third kappa shape index (κ3) is 4.93. The number of aryl methyl sites for hydroxylation is 3. The van der Waals surface area contributed by atoms with Gasteiger partial charge in [0.15, 0.2) is 11.5 Å². The quantitative estimate of drug-likeness (QED) is 0.765. The summed E-state index contributed by atoms with van der Waals surface area (Å²) in [6.45, 7) is 7.25. The Balaban J connectivity index is 2.16. The number of nitrogens with zero attached hydrogens (tertiary/aromatic N) is 2. The first-order chi connectivity index (χ1) is 12.7. The van der Waals surface area contributed by atoms with Crippen molar-refractivity contribution in [3.05, 3.63) is 46.5 Å². The van der Waals surface area contributed by atoms with Crippen molar-refractivity contribution in [2.75, 3.05) is 7.11 Å². The maximum Gasteiger partial charge on any atom is 0.325 e. The van der Waals surface area contributed by atoms with Crippen molar-refractivity contribution in [1.29, 1.82) is 0 Å². The van der Waals surface area contributed by atoms with E-state index in [0.717, 1.165) is 22.8 Å². The predicted molar refractivity (Wildman–Crippen MR) is 98.1 cm³/mol. The van der Waals surface area contributed by atoms with Crippen LogP contribution < -0.4 is 14.8 Å². The van der Waals surface area contributed by atoms with Crippen molar-refractivity contribution in [2.24, 2.45) is 0 Å². The van der Waals surface area contributed by atoms with Crippen molar-refractivity contribution >= 4 is 11.9 Å². The van der Waals surface area contributed by atoms with Crippen LogP contribution in [-0.4, -0.2) is 40.1 Å². The Labute approximate surface area is 157 Å². The summed E-state index contributed by atoms with van der Waals surface area (Å²) >= 11 is 0. The van der Waals surface area contributed by atoms with Gasteiger partial charge in [-0.1, -0.05) is 0 Å². The molecule has 0 aliphatic carbocycles. The van der Waals surface area contributed by atoms with Gasteiger partial charge in [0.05, 0.1) is 29.9 Å². The highest BCUT2D eigenvalue weighted by Gasteiger charge is 2.17. The minimum absolute atomic E-state index is 0.206. The van der Waals surface area contributed by atoms with E-state index in [1.807, 2.05) is 20.8 Å². The summed E-state index contributed by atoms with van der Waals surface area (Å²) in [6, 6.07) is 3.65. The minimum Gasteiger partial charge on any atom is -0.493 e. The fourth-order valence-corrected chi connectivity index (χ4v) is 2.31. The maximum atomic E-state index is 12.1. The molecule has 1 amide bonds. The van der Waals surface area contributed by atoms with Crippen LogP contribution in [0.2, 0.25) is 0 Å². The average Bonchev–Trinajstić information content (AvgIpc) is 2.63. The van der Waals surface area contributed by atoms with Crippen LogP contribution in [0.3, 0.4) is 0 Å². The molecular formula is C19H23N3O5. The summed E-state index contributed by atoms with van der Waals surface area (Å²) in [5.41, 5.74) is 3.49. The van der Waals surface area contributed by atoms with Crippen molar-refractivity contribution in [2.45, 2.75) is 40.3 Å². The predicted octanol–water partition coefficient (Wildman–Crippen LogP) is 2.19. The SMILES string of the molecule is COc1cc(C(=O)N[C@H](C)C(=O)O)ccc1OCc1nc(C)c(C)nc1C. The number of benzene rings is 1. The fraction of sp³-hybridized carbons (Fsp3) is 0.368. The van der Waals surface area contributed by atoms with E-state index < -0.39 is 17.9 Å². The fourth-order valence-electron chi connectivity index (χ4n) is 2.31. The highest BCUT2D eigenvalue weighted by Crippen LogP contribution is 2.29. The van der Waals surface area contributed by atoms with Gasteiger partial charge in [-0.3, -0.25) is 19.6 Å². The molecule has 1 aromatic carbocycles. The Morgan fingerprint density at radius 2 is 1.78 bits per heavy atom. The smallest absolute Gasteiger partial charge is 0.325 e. The lowest BCUT2D eigenvalue weighted by molar-refractivity contribution is -0.138. The molecule has 0 spiro atoms. The topological polar surface area (TPSA) is 111 Å². The molecule has 0 aliphatic rings. The Bertz CT molecular complexity index is 867. The van der Waals surface area contributed by atoms with Crippen LogP contribution in [0.25, 0.3) is 0 Å². The number of aliphatic carboxylic acids is 1. The Hall–Kier alpha value is -3.16. The molecule has 0 fully saturated rings. The second kappa shape index (κ2) is 8.48. The van der Waals surface area contributed by atoms with E-state index in [9.17, 15) is 9.59 Å². The average molecular weight is 373 g/mol. The monoisotopic (exact) mass is 373 g/mol. The van der Waals surface area contributed by atoms with Crippen LogP contribution in [0.15, 0.2) is 18.2 Å². The first-order valence-electron chi connectivity index (χ1n) is 8.38. The number of methoxy groups -OCH3 is 1. The molecule has 0 bridgehead atoms. The number of aromatic nitrogens is 2. The largest absolute Gasteiger partial charge is 0.493 e. The summed E-state index contributed by atoms with van der Waals surface area (Å²) in [4.78, 5) is 31.9. The van der Waals surface area contributed by atoms with Crippen molar-refractivity contribution < 1.29 is 24.2 Å². The number of carbonyl (C=O) groups excluding carboxylic acids is 1. The number of carboxylic acids is 1. The number of carboxylic acid groups (broad SMARTS) is 1. The number of nitrogens with one attached hydrogen (secondary N) is 1. The molecule has 0 saturated carbocycles. The molecule has 0 unspecified atom stereocenters. The molecule has 2 aromatic rings. The van der Waals surface area contributed by atoms with Gasteiger partial charge in [-0.25, -0.2) is 0 Å². The van der Waals surface area contributed by atoms with E-state index >= 15 is 0 Å². The minimum atomic E-state index is -1.11. The third-order valence-corrected chi connectivity index (χ3v) is 4.09. The molecule has 0 aliphatic heterocycles. The van der Waals surface area contributed by atoms with E-state index in [0.29, 0.717) is 11.5 Å². The molecule has 2 N–H and O–H groups in total. The van der Waals surface area contributed by atoms with Crippen LogP contribution in [-0.2, 0) is 11.4 Å². The van der Waals surface area contributed by atoms with Gasteiger partial charge in [0.1, 0.15) is 12.6 Å². The molecule has 2 rings (SSSR count). The van der Waals surface area contributed by atoms with Crippen LogP contribution in [0.5, 0.6) is 11.5 Å². The molecule has 1 aromatic heterocycles. The summed E-state index contributed by atoms with van der Waals surface area (Å²) < 4.78 is 11.1. The molecule has 0 saturated heterocycles. The van der Waals surface area contributed by atoms with E-state index in [-0.39, 0.29) is 12.2 Å². The molecule has 1 atom stereocenters. The van der Waals surface area contributed by atoms with Crippen LogP contribution in [0.1, 0.15) is 40.1 Å². The number of amides is 1. The van der Waals surface area contributed by atoms with Gasteiger partial charge in [-0.05, 0) is 45.9 Å². The second-order valence-electron chi connectivity index (χ2n) is 6.11. The zero-order chi connectivity index (χ0) is 20.1. The van der Waals surface area contributed by atoms with Gasteiger partial charge in [-0.15, -0.1) is 0 Å². The van der Waals surface area contributed by atoms with Crippen LogP contribution in [0, 0.1) is 20.8 Å². The van der Waals surface area contributed by atoms with E-state index in [1.165, 1.54) is 20.1 Å². The first kappa shape index (κ1) is 20.2. The molecule has 1 heterocycles. The lowest BCUT2D eigenvalue weighted by Gasteiger charge is -2.14. The number of ether oxygens (including phenoxy) is 2. The Morgan fingerprint density at radius 3 is 2.41 bits per heavy atom. The lowest BCUT2D eigenvalue weighted by Crippen LogP contribution is -2.38. The number of carbonyl (C=O) groups is 2. The van der Waals surface area contributed by atoms with E-state index in [4.69, 9.17) is 14.6 Å². The van der Waals surface area contributed by atoms with E-state index in [1.54, 1.807) is 12.1 Å². The van der Waals surface area contributed by atoms with Gasteiger partial charge in [0.25, 0.3) is 5.91 Å². The maximum absolute atomic E-state index is 12.1. The van der Waals surface area contributed by atoms with Crippen LogP contribution in [0.4, 0.5) is 0 Å². The number of hydrogen-bond acceptors (Lipinski definition) is 6. The highest BCUT2D eigenvalue weighted by atomic mass is 16.5. The zero-order valence-electron chi connectivity index (χ0n) is 16.0. The molecule has 144 valence electrons. The number of hydrogen-bond donors (Lipinski definition) is 2. The third-order valence-electron chi connectivity index (χ3n) is 4.09. The van der Waals surface area contributed by atoms with Gasteiger partial charge in [0.2, 0.25) is 0 Å². The molecule has 8 heteroatoms. The second-order valence-corrected chi connectivity index (χ2v) is 6.11. The summed E-state index contributed by atoms with van der Waals surface area (Å²) in [6.07, 6.45) is 0. The zero-order valence-corrected chi connectivity index (χ0v) is 16.0. The summed E-state index contributed by atoms with van der Waals surface area (Å²) in [5.74, 6) is -0.814. The number of rotatable bonds is 7. The van der Waals surface area contributed by atoms with Crippen molar-refractivity contribution in [1.82, 2.24) is 15.3 Å². The van der Waals surface area contributed by atoms with Gasteiger partial charge in [0, 0.05) is 5.56 Å². The van der Waals surface area contributed by atoms with Crippen LogP contribution >= 0.6 is 0 Å². The van der Waals surface area contributed by atoms with Crippen molar-refractivity contribution in [3.63, 3.8) is 0 Å². The van der Waals surface area contributed by atoms with Gasteiger partial charge < -0.3 is 19.9 Å². The lowest BCUT2D eigenvalue weighted by atomic mass is 10.1. The summed E-state index contributed by atoms with van der Waals surface area (Å²) in [7, 11) is 1.46. The van der Waals surface area contributed by atoms with E-state index in [2.05, 4.69) is 15.3 Å². The molecule has 27 heavy (non-hydrogen) atoms. The normalized spacial score (nSPS) is 11.6. The summed E-state index contributed by atoms with van der Waals surface area (Å²) in [5, 5.41) is 11.3. The Morgan fingerprint density at radius 1 is 1.11 bits per heavy atom. The molecular weight excluding hydrogens is 350 g/mol. The molecule has 0 radical (unpaired) electrons. The van der Waals surface area contributed by atoms with Gasteiger partial charge in [-0.2, -0.15) is 0 Å². The van der Waals surface area contributed by atoms with Crippen molar-refractivity contribution in [3.8, 4) is 11.5 Å². The first-order valence-corrected chi connectivity index (χ1v) is 8.38.